The van der Waals surface area contributed by atoms with Crippen LogP contribution in [0, 0.1) is 0 Å². The second-order valence-electron chi connectivity index (χ2n) is 3.82. The lowest BCUT2D eigenvalue weighted by Crippen LogP contribution is -2.45. The highest BCUT2D eigenvalue weighted by molar-refractivity contribution is 7.46. The zero-order chi connectivity index (χ0) is 12.3. The third kappa shape index (κ3) is 3.80. The van der Waals surface area contributed by atoms with Crippen LogP contribution in [0.3, 0.4) is 0 Å². The van der Waals surface area contributed by atoms with Crippen LogP contribution < -0.4 is 4.90 Å². The van der Waals surface area contributed by atoms with Crippen molar-refractivity contribution in [2.75, 3.05) is 31.1 Å². The van der Waals surface area contributed by atoms with Gasteiger partial charge in [0.25, 0.3) is 0 Å². The van der Waals surface area contributed by atoms with Gasteiger partial charge in [0.1, 0.15) is 0 Å². The highest BCUT2D eigenvalue weighted by Crippen LogP contribution is 2.37. The van der Waals surface area contributed by atoms with Crippen molar-refractivity contribution < 1.29 is 19.0 Å². The summed E-state index contributed by atoms with van der Waals surface area (Å²) in [6, 6.07) is 9.91. The first-order valence-corrected chi connectivity index (χ1v) is 6.88. The molecule has 0 atom stereocenters. The van der Waals surface area contributed by atoms with E-state index in [0.29, 0.717) is 26.2 Å². The van der Waals surface area contributed by atoms with E-state index in [9.17, 15) is 4.57 Å². The van der Waals surface area contributed by atoms with E-state index in [1.165, 1.54) is 5.06 Å². The van der Waals surface area contributed by atoms with Gasteiger partial charge in [-0.1, -0.05) is 18.2 Å². The molecular weight excluding hydrogens is 243 g/mol. The molecule has 0 saturated carbocycles. The molecule has 2 rings (SSSR count). The summed E-state index contributed by atoms with van der Waals surface area (Å²) < 4.78 is 15.2. The zero-order valence-electron chi connectivity index (χ0n) is 9.27. The Morgan fingerprint density at radius 2 is 1.65 bits per heavy atom. The van der Waals surface area contributed by atoms with E-state index in [-0.39, 0.29) is 0 Å². The van der Waals surface area contributed by atoms with Crippen LogP contribution in [0.5, 0.6) is 0 Å². The van der Waals surface area contributed by atoms with Gasteiger partial charge in [0.2, 0.25) is 0 Å². The maximum Gasteiger partial charge on any atom is 0.486 e. The molecule has 0 radical (unpaired) electrons. The Balaban J connectivity index is 1.89. The molecule has 1 fully saturated rings. The Bertz CT molecular complexity index is 400. The van der Waals surface area contributed by atoms with Crippen LogP contribution in [-0.2, 0) is 9.19 Å². The van der Waals surface area contributed by atoms with Crippen molar-refractivity contribution in [2.24, 2.45) is 0 Å². The number of rotatable bonds is 3. The molecule has 94 valence electrons. The number of anilines is 1. The summed E-state index contributed by atoms with van der Waals surface area (Å²) in [7, 11) is -4.42. The average Bonchev–Trinajstić information content (AvgIpc) is 2.29. The number of benzene rings is 1. The third-order valence-electron chi connectivity index (χ3n) is 2.58. The molecular formula is C10H15N2O4P. The topological polar surface area (TPSA) is 73.2 Å². The first-order chi connectivity index (χ1) is 8.04. The van der Waals surface area contributed by atoms with Gasteiger partial charge in [0.15, 0.2) is 0 Å². The summed E-state index contributed by atoms with van der Waals surface area (Å²) >= 11 is 0. The minimum Gasteiger partial charge on any atom is -0.369 e. The smallest absolute Gasteiger partial charge is 0.369 e. The standard InChI is InChI=1S/C10H15N2O4P/c13-17(14,15)16-12-8-6-11(7-9-12)10-4-2-1-3-5-10/h1-5H,6-9H2,(H2,13,14,15). The van der Waals surface area contributed by atoms with Crippen LogP contribution in [0.2, 0.25) is 0 Å². The Morgan fingerprint density at radius 1 is 1.06 bits per heavy atom. The molecule has 0 amide bonds. The quantitative estimate of drug-likeness (QED) is 0.782. The highest BCUT2D eigenvalue weighted by Gasteiger charge is 2.24. The van der Waals surface area contributed by atoms with Gasteiger partial charge in [0.05, 0.1) is 0 Å². The van der Waals surface area contributed by atoms with Gasteiger partial charge >= 0.3 is 7.82 Å². The first kappa shape index (κ1) is 12.5. The Hall–Kier alpha value is -0.910. The number of hydrogen-bond acceptors (Lipinski definition) is 4. The monoisotopic (exact) mass is 258 g/mol. The minimum atomic E-state index is -4.42. The number of para-hydroxylation sites is 1. The van der Waals surface area contributed by atoms with Crippen molar-refractivity contribution in [1.29, 1.82) is 0 Å². The van der Waals surface area contributed by atoms with Crippen molar-refractivity contribution in [3.63, 3.8) is 0 Å². The molecule has 1 aromatic carbocycles. The highest BCUT2D eigenvalue weighted by atomic mass is 31.2. The van der Waals surface area contributed by atoms with Crippen molar-refractivity contribution in [2.45, 2.75) is 0 Å². The fourth-order valence-electron chi connectivity index (χ4n) is 1.82. The summed E-state index contributed by atoms with van der Waals surface area (Å²) in [5, 5.41) is 1.32. The predicted octanol–water partition coefficient (Wildman–Crippen LogP) is 0.833. The predicted molar refractivity (Wildman–Crippen MR) is 63.4 cm³/mol. The average molecular weight is 258 g/mol. The van der Waals surface area contributed by atoms with Crippen LogP contribution >= 0.6 is 7.82 Å². The summed E-state index contributed by atoms with van der Waals surface area (Å²) in [6.45, 7) is 2.31. The Kier molecular flexibility index (Phi) is 3.81. The molecule has 7 heteroatoms. The minimum absolute atomic E-state index is 0.472. The largest absolute Gasteiger partial charge is 0.486 e. The van der Waals surface area contributed by atoms with Crippen molar-refractivity contribution in [1.82, 2.24) is 5.06 Å². The lowest BCUT2D eigenvalue weighted by Gasteiger charge is -2.34. The molecule has 0 aromatic heterocycles. The Labute approximate surface area is 99.6 Å². The van der Waals surface area contributed by atoms with E-state index in [2.05, 4.69) is 9.52 Å². The van der Waals surface area contributed by atoms with E-state index in [0.717, 1.165) is 5.69 Å². The molecule has 6 nitrogen and oxygen atoms in total. The second kappa shape index (κ2) is 5.16. The fourth-order valence-corrected chi connectivity index (χ4v) is 2.28. The zero-order valence-corrected chi connectivity index (χ0v) is 10.2. The normalized spacial score (nSPS) is 18.4. The number of phosphoric acid groups is 1. The van der Waals surface area contributed by atoms with Crippen LogP contribution in [0.1, 0.15) is 0 Å². The summed E-state index contributed by atoms with van der Waals surface area (Å²) in [5.74, 6) is 0. The number of piperazine rings is 1. The van der Waals surface area contributed by atoms with Gasteiger partial charge < -0.3 is 14.7 Å². The molecule has 1 aromatic rings. The van der Waals surface area contributed by atoms with E-state index < -0.39 is 7.82 Å². The SMILES string of the molecule is O=P(O)(O)ON1CCN(c2ccccc2)CC1. The molecule has 0 unspecified atom stereocenters. The molecule has 2 N–H and O–H groups in total. The molecule has 1 saturated heterocycles. The van der Waals surface area contributed by atoms with Gasteiger partial charge in [-0.25, -0.2) is 4.57 Å². The van der Waals surface area contributed by atoms with E-state index in [1.54, 1.807) is 0 Å². The molecule has 0 aliphatic carbocycles. The second-order valence-corrected chi connectivity index (χ2v) is 4.97. The molecule has 17 heavy (non-hydrogen) atoms. The third-order valence-corrected chi connectivity index (χ3v) is 3.03. The summed E-state index contributed by atoms with van der Waals surface area (Å²) in [6.07, 6.45) is 0. The van der Waals surface area contributed by atoms with Gasteiger partial charge in [-0.2, -0.15) is 9.69 Å². The fraction of sp³-hybridized carbons (Fsp3) is 0.400. The summed E-state index contributed by atoms with van der Waals surface area (Å²) in [5.41, 5.74) is 1.11. The van der Waals surface area contributed by atoms with E-state index in [1.807, 2.05) is 30.3 Å². The lowest BCUT2D eigenvalue weighted by molar-refractivity contribution is -0.0839. The molecule has 1 aliphatic rings. The van der Waals surface area contributed by atoms with Crippen molar-refractivity contribution in [3.05, 3.63) is 30.3 Å². The lowest BCUT2D eigenvalue weighted by atomic mass is 10.2. The number of nitrogens with zero attached hydrogens (tertiary/aromatic N) is 2. The van der Waals surface area contributed by atoms with Gasteiger partial charge in [-0.15, -0.1) is 0 Å². The van der Waals surface area contributed by atoms with E-state index in [4.69, 9.17) is 9.79 Å². The molecule has 0 bridgehead atoms. The maximum atomic E-state index is 10.7. The van der Waals surface area contributed by atoms with Crippen LogP contribution in [0.25, 0.3) is 0 Å². The first-order valence-electron chi connectivity index (χ1n) is 5.35. The number of hydrogen-bond donors (Lipinski definition) is 2. The van der Waals surface area contributed by atoms with Crippen LogP contribution in [-0.4, -0.2) is 41.0 Å². The number of hydroxylamine groups is 2. The Morgan fingerprint density at radius 3 is 2.18 bits per heavy atom. The van der Waals surface area contributed by atoms with Crippen molar-refractivity contribution in [3.8, 4) is 0 Å². The molecule has 0 spiro atoms. The van der Waals surface area contributed by atoms with E-state index >= 15 is 0 Å². The maximum absolute atomic E-state index is 10.7. The van der Waals surface area contributed by atoms with Gasteiger partial charge in [-0.05, 0) is 12.1 Å². The summed E-state index contributed by atoms with van der Waals surface area (Å²) in [4.78, 5) is 19.5. The molecule has 1 aliphatic heterocycles. The van der Waals surface area contributed by atoms with Gasteiger partial charge in [0, 0.05) is 31.9 Å². The molecule has 1 heterocycles. The van der Waals surface area contributed by atoms with Crippen LogP contribution in [0.15, 0.2) is 30.3 Å². The van der Waals surface area contributed by atoms with Crippen molar-refractivity contribution >= 4 is 13.5 Å². The van der Waals surface area contributed by atoms with Crippen LogP contribution in [0.4, 0.5) is 5.69 Å². The van der Waals surface area contributed by atoms with Gasteiger partial charge in [-0.3, -0.25) is 0 Å².